The quantitative estimate of drug-likeness (QED) is 0.340. The summed E-state index contributed by atoms with van der Waals surface area (Å²) in [7, 11) is -4.33. The minimum Gasteiger partial charge on any atom is -0.291 e. The number of benzene rings is 2. The molecular weight excluding hydrogens is 529 g/mol. The maximum atomic E-state index is 14.1. The number of nitrogens with zero attached hydrogens (tertiary/aromatic N) is 4. The van der Waals surface area contributed by atoms with Crippen molar-refractivity contribution in [2.24, 2.45) is 5.41 Å². The highest BCUT2D eigenvalue weighted by molar-refractivity contribution is 7.89. The van der Waals surface area contributed by atoms with Gasteiger partial charge in [0.1, 0.15) is 23.1 Å². The number of piperidine rings is 1. The lowest BCUT2D eigenvalue weighted by Gasteiger charge is -2.44. The van der Waals surface area contributed by atoms with E-state index in [0.29, 0.717) is 28.6 Å². The van der Waals surface area contributed by atoms with Gasteiger partial charge >= 0.3 is 0 Å². The Kier molecular flexibility index (Phi) is 6.00. The Hall–Kier alpha value is -4.09. The molecule has 1 aliphatic heterocycles. The van der Waals surface area contributed by atoms with Crippen molar-refractivity contribution in [3.8, 4) is 5.69 Å². The zero-order chi connectivity index (χ0) is 27.4. The van der Waals surface area contributed by atoms with E-state index in [1.807, 2.05) is 6.08 Å². The van der Waals surface area contributed by atoms with Gasteiger partial charge in [-0.3, -0.25) is 9.78 Å². The van der Waals surface area contributed by atoms with Crippen LogP contribution in [0.1, 0.15) is 28.2 Å². The number of rotatable bonds is 5. The second-order valence-electron chi connectivity index (χ2n) is 9.61. The zero-order valence-electron chi connectivity index (χ0n) is 20.4. The molecule has 0 N–H and O–H groups in total. The Morgan fingerprint density at radius 1 is 0.949 bits per heavy atom. The highest BCUT2D eigenvalue weighted by Crippen LogP contribution is 2.47. The van der Waals surface area contributed by atoms with Crippen LogP contribution >= 0.6 is 0 Å². The molecular formula is C28H21F3N4O3S. The number of carbonyl (C=O) groups is 1. The van der Waals surface area contributed by atoms with Crippen molar-refractivity contribution in [1.82, 2.24) is 19.1 Å². The van der Waals surface area contributed by atoms with Crippen molar-refractivity contribution in [3.05, 3.63) is 113 Å². The summed E-state index contributed by atoms with van der Waals surface area (Å²) < 4.78 is 71.2. The van der Waals surface area contributed by atoms with Crippen LogP contribution in [0.2, 0.25) is 0 Å². The molecule has 2 aromatic heterocycles. The van der Waals surface area contributed by atoms with Crippen LogP contribution in [0.5, 0.6) is 0 Å². The normalized spacial score (nSPS) is 19.2. The molecule has 6 rings (SSSR count). The maximum absolute atomic E-state index is 14.1. The molecule has 1 fully saturated rings. The van der Waals surface area contributed by atoms with Crippen molar-refractivity contribution in [3.63, 3.8) is 0 Å². The second-order valence-corrected chi connectivity index (χ2v) is 11.5. The summed E-state index contributed by atoms with van der Waals surface area (Å²) >= 11 is 0. The highest BCUT2D eigenvalue weighted by Gasteiger charge is 2.51. The molecule has 4 aromatic rings. The predicted octanol–water partition coefficient (Wildman–Crippen LogP) is 4.59. The second kappa shape index (κ2) is 9.28. The van der Waals surface area contributed by atoms with Gasteiger partial charge in [-0.1, -0.05) is 11.6 Å². The average Bonchev–Trinajstić information content (AvgIpc) is 3.33. The lowest BCUT2D eigenvalue weighted by atomic mass is 9.65. The summed E-state index contributed by atoms with van der Waals surface area (Å²) in [5.41, 5.74) is 1.61. The third kappa shape index (κ3) is 4.27. The number of ketones is 1. The van der Waals surface area contributed by atoms with Crippen LogP contribution in [-0.4, -0.2) is 46.4 Å². The van der Waals surface area contributed by atoms with Crippen LogP contribution in [0, 0.1) is 22.9 Å². The van der Waals surface area contributed by atoms with E-state index in [-0.39, 0.29) is 43.2 Å². The third-order valence-electron chi connectivity index (χ3n) is 7.26. The van der Waals surface area contributed by atoms with Gasteiger partial charge < -0.3 is 0 Å². The van der Waals surface area contributed by atoms with Crippen LogP contribution in [0.3, 0.4) is 0 Å². The number of fused-ring (bicyclic) bond motifs is 2. The van der Waals surface area contributed by atoms with E-state index >= 15 is 0 Å². The first-order valence-electron chi connectivity index (χ1n) is 12.1. The van der Waals surface area contributed by atoms with Crippen LogP contribution in [0.15, 0.2) is 83.5 Å². The molecule has 1 saturated heterocycles. The minimum absolute atomic E-state index is 0.00354. The SMILES string of the molecule is O=C(c1ccccn1)C12Cc3cnn(-c4ccc(F)cc4)c3C=C1CCN(S(=O)(=O)c1cc(F)cc(F)c1)C2. The van der Waals surface area contributed by atoms with Gasteiger partial charge in [0.25, 0.3) is 0 Å². The molecule has 3 heterocycles. The number of carbonyl (C=O) groups excluding carboxylic acids is 1. The number of sulfonamides is 1. The first-order chi connectivity index (χ1) is 18.7. The van der Waals surface area contributed by atoms with E-state index in [4.69, 9.17) is 0 Å². The van der Waals surface area contributed by atoms with Crippen LogP contribution in [-0.2, 0) is 16.4 Å². The smallest absolute Gasteiger partial charge is 0.243 e. The monoisotopic (exact) mass is 550 g/mol. The van der Waals surface area contributed by atoms with Crippen molar-refractivity contribution < 1.29 is 26.4 Å². The van der Waals surface area contributed by atoms with Gasteiger partial charge in [0.05, 0.1) is 27.9 Å². The molecule has 2 aliphatic rings. The maximum Gasteiger partial charge on any atom is 0.243 e. The number of pyridine rings is 1. The predicted molar refractivity (Wildman–Crippen MR) is 136 cm³/mol. The highest BCUT2D eigenvalue weighted by atomic mass is 32.2. The molecule has 2 aromatic carbocycles. The first-order valence-corrected chi connectivity index (χ1v) is 13.6. The molecule has 198 valence electrons. The molecule has 0 amide bonds. The number of hydrogen-bond donors (Lipinski definition) is 0. The van der Waals surface area contributed by atoms with E-state index < -0.39 is 32.0 Å². The van der Waals surface area contributed by atoms with E-state index in [1.54, 1.807) is 41.2 Å². The Labute approximate surface area is 222 Å². The van der Waals surface area contributed by atoms with Gasteiger partial charge in [-0.25, -0.2) is 26.3 Å². The Morgan fingerprint density at radius 2 is 1.69 bits per heavy atom. The minimum atomic E-state index is -4.33. The Balaban J connectivity index is 1.45. The summed E-state index contributed by atoms with van der Waals surface area (Å²) in [5, 5.41) is 4.46. The third-order valence-corrected chi connectivity index (χ3v) is 9.08. The fraction of sp³-hybridized carbons (Fsp3) is 0.179. The number of aromatic nitrogens is 3. The fourth-order valence-corrected chi connectivity index (χ4v) is 6.92. The van der Waals surface area contributed by atoms with Crippen molar-refractivity contribution in [2.75, 3.05) is 13.1 Å². The lowest BCUT2D eigenvalue weighted by molar-refractivity contribution is 0.0770. The molecule has 0 radical (unpaired) electrons. The molecule has 11 heteroatoms. The topological polar surface area (TPSA) is 85.2 Å². The number of halogens is 3. The van der Waals surface area contributed by atoms with E-state index in [9.17, 15) is 26.4 Å². The van der Waals surface area contributed by atoms with Crippen molar-refractivity contribution in [2.45, 2.75) is 17.7 Å². The van der Waals surface area contributed by atoms with E-state index in [2.05, 4.69) is 10.1 Å². The standard InChI is InChI=1S/C28H21F3N4O3S/c29-20-4-6-23(7-5-20)35-26-11-19-8-10-34(39(37,38)24-13-21(30)12-22(31)14-24)17-28(19,15-18(26)16-33-35)27(36)25-3-1-2-9-32-25/h1-7,9,11-14,16H,8,10,15,17H2. The van der Waals surface area contributed by atoms with Crippen LogP contribution in [0.4, 0.5) is 13.2 Å². The lowest BCUT2D eigenvalue weighted by Crippen LogP contribution is -2.53. The van der Waals surface area contributed by atoms with E-state index in [1.165, 1.54) is 18.3 Å². The molecule has 7 nitrogen and oxygen atoms in total. The molecule has 0 saturated carbocycles. The van der Waals surface area contributed by atoms with Gasteiger partial charge in [-0.15, -0.1) is 0 Å². The zero-order valence-corrected chi connectivity index (χ0v) is 21.2. The summed E-state index contributed by atoms with van der Waals surface area (Å²) in [5.74, 6) is -2.77. The Morgan fingerprint density at radius 3 is 2.38 bits per heavy atom. The molecule has 1 atom stereocenters. The Bertz CT molecular complexity index is 1720. The molecule has 1 aliphatic carbocycles. The molecule has 39 heavy (non-hydrogen) atoms. The fourth-order valence-electron chi connectivity index (χ4n) is 5.38. The van der Waals surface area contributed by atoms with Gasteiger partial charge in [-0.2, -0.15) is 9.40 Å². The summed E-state index contributed by atoms with van der Waals surface area (Å²) in [6, 6.07) is 12.9. The average molecular weight is 551 g/mol. The van der Waals surface area contributed by atoms with Gasteiger partial charge in [0.2, 0.25) is 10.0 Å². The molecule has 0 bridgehead atoms. The summed E-state index contributed by atoms with van der Waals surface area (Å²) in [6.45, 7) is -0.237. The molecule has 1 unspecified atom stereocenters. The molecule has 0 spiro atoms. The number of hydrogen-bond acceptors (Lipinski definition) is 5. The van der Waals surface area contributed by atoms with E-state index in [0.717, 1.165) is 16.4 Å². The van der Waals surface area contributed by atoms with Crippen LogP contribution < -0.4 is 0 Å². The van der Waals surface area contributed by atoms with Crippen molar-refractivity contribution >= 4 is 21.9 Å². The first kappa shape index (κ1) is 25.2. The summed E-state index contributed by atoms with van der Waals surface area (Å²) in [6.07, 6.45) is 5.26. The van der Waals surface area contributed by atoms with Gasteiger partial charge in [-0.05, 0) is 73.0 Å². The largest absolute Gasteiger partial charge is 0.291 e. The van der Waals surface area contributed by atoms with Gasteiger partial charge in [0, 0.05) is 25.4 Å². The summed E-state index contributed by atoms with van der Waals surface area (Å²) in [4.78, 5) is 17.8. The number of Topliss-reactive ketones (excluding diaryl/α,β-unsaturated/α-hetero) is 1. The van der Waals surface area contributed by atoms with Gasteiger partial charge in [0.15, 0.2) is 5.78 Å². The van der Waals surface area contributed by atoms with Crippen LogP contribution in [0.25, 0.3) is 11.8 Å². The van der Waals surface area contributed by atoms with Crippen molar-refractivity contribution in [1.29, 1.82) is 0 Å².